The molecule has 0 atom stereocenters. The molecule has 2 heterocycles. The Morgan fingerprint density at radius 3 is 1.48 bits per heavy atom. The maximum atomic E-state index is 2.68. The molecular weight excluding hydrogens is 832 g/mol. The van der Waals surface area contributed by atoms with Gasteiger partial charge in [-0.15, -0.1) is 0 Å². The highest BCUT2D eigenvalue weighted by molar-refractivity contribution is 7.00. The molecule has 10 rings (SSSR count). The molecule has 2 nitrogen and oxygen atoms in total. The van der Waals surface area contributed by atoms with Crippen LogP contribution in [0.15, 0.2) is 133 Å². The van der Waals surface area contributed by atoms with Gasteiger partial charge < -0.3 is 9.80 Å². The Morgan fingerprint density at radius 2 is 0.884 bits per heavy atom. The SMILES string of the molecule is Cc1cc2c3c(c1)N(c1ccc(C(C)(C)C)cc1-c1ccc(-c4ccc(C(C)(C)C)cc4)cc1)c1cc4c(cc1B3c1ccc(C(C)(C)C)cc1N2c1cccc(C(C)(C)C)c1)C(C)(C)CC4(C)C. The lowest BCUT2D eigenvalue weighted by atomic mass is 9.33. The zero-order chi connectivity index (χ0) is 49.5. The van der Waals surface area contributed by atoms with Gasteiger partial charge in [0.2, 0.25) is 0 Å². The van der Waals surface area contributed by atoms with Crippen LogP contribution in [0.1, 0.15) is 156 Å². The number of nitrogens with zero attached hydrogens (tertiary/aromatic N) is 2. The standard InChI is InChI=1S/C66H75BN2/c1-41-33-58-60-59(34-41)69(55-32-30-47(63(8,9)10)36-50(55)44-23-21-42(22-24-44)43-25-27-45(28-26-43)61(2,3)4)57-39-52-51(65(14,15)40-66(52,16)17)38-54(57)67(60)53-31-29-48(64(11,12)13)37-56(53)68(58)49-20-18-19-46(35-49)62(5,6)7/h18-39H,40H2,1-17H3. The summed E-state index contributed by atoms with van der Waals surface area (Å²) in [6.07, 6.45) is 1.11. The van der Waals surface area contributed by atoms with E-state index in [9.17, 15) is 0 Å². The number of rotatable bonds is 4. The third-order valence-corrected chi connectivity index (χ3v) is 15.9. The Bertz CT molecular complexity index is 3170. The van der Waals surface area contributed by atoms with E-state index in [-0.39, 0.29) is 39.2 Å². The summed E-state index contributed by atoms with van der Waals surface area (Å²) in [7, 11) is 0. The second-order valence-electron chi connectivity index (χ2n) is 26.4. The van der Waals surface area contributed by atoms with Crippen molar-refractivity contribution < 1.29 is 0 Å². The van der Waals surface area contributed by atoms with E-state index in [1.54, 1.807) is 0 Å². The number of anilines is 6. The number of hydrogen-bond donors (Lipinski definition) is 0. The van der Waals surface area contributed by atoms with Gasteiger partial charge in [0, 0.05) is 34.0 Å². The van der Waals surface area contributed by atoms with Crippen molar-refractivity contribution in [2.45, 2.75) is 157 Å². The topological polar surface area (TPSA) is 6.48 Å². The molecule has 7 aromatic carbocycles. The summed E-state index contributed by atoms with van der Waals surface area (Å²) in [5, 5.41) is 0. The molecule has 2 aliphatic heterocycles. The summed E-state index contributed by atoms with van der Waals surface area (Å²) < 4.78 is 0. The Labute approximate surface area is 416 Å². The van der Waals surface area contributed by atoms with Crippen LogP contribution in [0.4, 0.5) is 34.1 Å². The predicted molar refractivity (Wildman–Crippen MR) is 302 cm³/mol. The maximum Gasteiger partial charge on any atom is 0.252 e. The quantitative estimate of drug-likeness (QED) is 0.162. The van der Waals surface area contributed by atoms with E-state index >= 15 is 0 Å². The first-order valence-corrected chi connectivity index (χ1v) is 25.7. The molecule has 0 radical (unpaired) electrons. The van der Waals surface area contributed by atoms with Crippen molar-refractivity contribution in [1.29, 1.82) is 0 Å². The summed E-state index contributed by atoms with van der Waals surface area (Å²) in [6.45, 7) is 40.1. The van der Waals surface area contributed by atoms with Gasteiger partial charge in [-0.1, -0.05) is 196 Å². The fourth-order valence-electron chi connectivity index (χ4n) is 12.1. The van der Waals surface area contributed by atoms with E-state index < -0.39 is 0 Å². The van der Waals surface area contributed by atoms with Crippen molar-refractivity contribution in [2.24, 2.45) is 0 Å². The zero-order valence-electron chi connectivity index (χ0n) is 44.9. The van der Waals surface area contributed by atoms with E-state index in [0.717, 1.165) is 6.42 Å². The van der Waals surface area contributed by atoms with E-state index in [4.69, 9.17) is 0 Å². The first kappa shape index (κ1) is 46.9. The van der Waals surface area contributed by atoms with E-state index in [2.05, 4.69) is 261 Å². The Balaban J connectivity index is 1.27. The van der Waals surface area contributed by atoms with Crippen molar-refractivity contribution in [3.8, 4) is 22.3 Å². The molecule has 0 aromatic heterocycles. The van der Waals surface area contributed by atoms with Crippen LogP contribution >= 0.6 is 0 Å². The highest BCUT2D eigenvalue weighted by Gasteiger charge is 2.48. The highest BCUT2D eigenvalue weighted by atomic mass is 15.2. The second-order valence-corrected chi connectivity index (χ2v) is 26.4. The lowest BCUT2D eigenvalue weighted by Gasteiger charge is -2.45. The minimum Gasteiger partial charge on any atom is -0.311 e. The van der Waals surface area contributed by atoms with Gasteiger partial charge in [0.25, 0.3) is 6.71 Å². The van der Waals surface area contributed by atoms with E-state index in [0.29, 0.717) is 0 Å². The fraction of sp³-hybridized carbons (Fsp3) is 0.364. The van der Waals surface area contributed by atoms with Gasteiger partial charge in [-0.05, 0) is 166 Å². The molecule has 69 heavy (non-hydrogen) atoms. The average molecular weight is 907 g/mol. The molecule has 7 aromatic rings. The molecule has 0 fully saturated rings. The normalized spacial score (nSPS) is 16.0. The van der Waals surface area contributed by atoms with Crippen LogP contribution < -0.4 is 26.2 Å². The number of fused-ring (bicyclic) bond motifs is 5. The fourth-order valence-corrected chi connectivity index (χ4v) is 12.1. The van der Waals surface area contributed by atoms with Crippen molar-refractivity contribution in [3.05, 3.63) is 172 Å². The summed E-state index contributed by atoms with van der Waals surface area (Å²) in [5.41, 5.74) is 26.3. The van der Waals surface area contributed by atoms with Gasteiger partial charge in [-0.3, -0.25) is 0 Å². The zero-order valence-corrected chi connectivity index (χ0v) is 44.9. The number of benzene rings is 7. The molecule has 0 N–H and O–H groups in total. The Hall–Kier alpha value is -5.80. The molecular formula is C66H75BN2. The molecule has 0 bridgehead atoms. The third kappa shape index (κ3) is 7.97. The molecule has 352 valence electrons. The number of hydrogen-bond acceptors (Lipinski definition) is 2. The lowest BCUT2D eigenvalue weighted by molar-refractivity contribution is 0.403. The smallest absolute Gasteiger partial charge is 0.252 e. The Morgan fingerprint density at radius 1 is 0.406 bits per heavy atom. The molecule has 0 saturated carbocycles. The molecule has 0 saturated heterocycles. The van der Waals surface area contributed by atoms with Crippen LogP contribution in [0.2, 0.25) is 0 Å². The van der Waals surface area contributed by atoms with Gasteiger partial charge in [0.1, 0.15) is 0 Å². The molecule has 0 spiro atoms. The van der Waals surface area contributed by atoms with Gasteiger partial charge in [-0.25, -0.2) is 0 Å². The molecule has 3 aliphatic rings. The van der Waals surface area contributed by atoms with Crippen LogP contribution in [-0.4, -0.2) is 6.71 Å². The Kier molecular flexibility index (Phi) is 10.6. The van der Waals surface area contributed by atoms with Gasteiger partial charge in [-0.2, -0.15) is 0 Å². The molecule has 1 aliphatic carbocycles. The summed E-state index contributed by atoms with van der Waals surface area (Å²) in [6, 6.07) is 52.9. The first-order valence-electron chi connectivity index (χ1n) is 25.7. The van der Waals surface area contributed by atoms with Crippen molar-refractivity contribution in [1.82, 2.24) is 0 Å². The summed E-state index contributed by atoms with van der Waals surface area (Å²) >= 11 is 0. The monoisotopic (exact) mass is 907 g/mol. The second kappa shape index (κ2) is 15.6. The molecule has 0 amide bonds. The van der Waals surface area contributed by atoms with E-state index in [1.165, 1.54) is 112 Å². The van der Waals surface area contributed by atoms with Crippen LogP contribution in [0.3, 0.4) is 0 Å². The van der Waals surface area contributed by atoms with Crippen LogP contribution in [-0.2, 0) is 32.5 Å². The van der Waals surface area contributed by atoms with Crippen molar-refractivity contribution in [3.63, 3.8) is 0 Å². The first-order chi connectivity index (χ1) is 32.1. The summed E-state index contributed by atoms with van der Waals surface area (Å²) in [4.78, 5) is 5.29. The van der Waals surface area contributed by atoms with Crippen LogP contribution in [0, 0.1) is 6.92 Å². The predicted octanol–water partition coefficient (Wildman–Crippen LogP) is 16.6. The highest BCUT2D eigenvalue weighted by Crippen LogP contribution is 2.54. The van der Waals surface area contributed by atoms with Gasteiger partial charge in [0.15, 0.2) is 0 Å². The molecule has 0 unspecified atom stereocenters. The van der Waals surface area contributed by atoms with Crippen LogP contribution in [0.5, 0.6) is 0 Å². The van der Waals surface area contributed by atoms with Crippen molar-refractivity contribution >= 4 is 57.2 Å². The third-order valence-electron chi connectivity index (χ3n) is 15.9. The minimum absolute atomic E-state index is 0.00213. The summed E-state index contributed by atoms with van der Waals surface area (Å²) in [5.74, 6) is 0. The largest absolute Gasteiger partial charge is 0.311 e. The van der Waals surface area contributed by atoms with Crippen LogP contribution in [0.25, 0.3) is 22.3 Å². The minimum atomic E-state index is -0.0381. The van der Waals surface area contributed by atoms with Gasteiger partial charge in [0.05, 0.1) is 5.69 Å². The number of aryl methyl sites for hydroxylation is 1. The van der Waals surface area contributed by atoms with Crippen molar-refractivity contribution in [2.75, 3.05) is 9.80 Å². The average Bonchev–Trinajstić information content (AvgIpc) is 3.45. The lowest BCUT2D eigenvalue weighted by Crippen LogP contribution is -2.61. The van der Waals surface area contributed by atoms with E-state index in [1.807, 2.05) is 0 Å². The molecule has 3 heteroatoms. The van der Waals surface area contributed by atoms with Gasteiger partial charge >= 0.3 is 0 Å². The maximum absolute atomic E-state index is 2.68.